The lowest BCUT2D eigenvalue weighted by Gasteiger charge is -1.96. The molecule has 0 aromatic heterocycles. The van der Waals surface area contributed by atoms with Crippen LogP contribution in [0.2, 0.25) is 0 Å². The van der Waals surface area contributed by atoms with Crippen LogP contribution in [-0.2, 0) is 9.53 Å². The molecule has 0 heterocycles. The van der Waals surface area contributed by atoms with Gasteiger partial charge in [0.15, 0.2) is 0 Å². The van der Waals surface area contributed by atoms with Crippen molar-refractivity contribution in [1.82, 2.24) is 0 Å². The summed E-state index contributed by atoms with van der Waals surface area (Å²) < 4.78 is 4.17. The number of hydrogen-bond acceptors (Lipinski definition) is 4. The summed E-state index contributed by atoms with van der Waals surface area (Å²) in [5.41, 5.74) is 0.210. The Morgan fingerprint density at radius 1 is 1.21 bits per heavy atom. The van der Waals surface area contributed by atoms with Gasteiger partial charge in [0.25, 0.3) is 0 Å². The predicted molar refractivity (Wildman–Crippen MR) is 45.4 cm³/mol. The van der Waals surface area contributed by atoms with Crippen LogP contribution in [0.25, 0.3) is 0 Å². The van der Waals surface area contributed by atoms with Crippen molar-refractivity contribution < 1.29 is 19.1 Å². The van der Waals surface area contributed by atoms with Crippen LogP contribution in [0.4, 0.5) is 4.79 Å². The topological polar surface area (TPSA) is 72.8 Å². The van der Waals surface area contributed by atoms with Crippen molar-refractivity contribution in [1.29, 1.82) is 0 Å². The molecule has 1 rings (SSSR count). The molecular weight excluding hydrogens is 186 g/mol. The first kappa shape index (κ1) is 9.83. The maximum Gasteiger partial charge on any atom is 0.452 e. The highest BCUT2D eigenvalue weighted by Crippen LogP contribution is 2.01. The smallest absolute Gasteiger partial charge is 0.370 e. The second-order valence-electron chi connectivity index (χ2n) is 2.22. The Morgan fingerprint density at radius 2 is 1.86 bits per heavy atom. The molecule has 5 nitrogen and oxygen atoms in total. The van der Waals surface area contributed by atoms with E-state index in [9.17, 15) is 14.4 Å². The number of ether oxygens (including phenoxy) is 1. The largest absolute Gasteiger partial charge is 0.452 e. The van der Waals surface area contributed by atoms with Gasteiger partial charge >= 0.3 is 12.1 Å². The van der Waals surface area contributed by atoms with Gasteiger partial charge in [0.2, 0.25) is 6.08 Å². The van der Waals surface area contributed by atoms with Gasteiger partial charge in [-0.3, -0.25) is 0 Å². The molecule has 0 spiro atoms. The van der Waals surface area contributed by atoms with Crippen molar-refractivity contribution >= 4 is 18.1 Å². The number of benzene rings is 1. The Bertz CT molecular complexity index is 393. The second-order valence-corrected chi connectivity index (χ2v) is 2.22. The molecule has 0 unspecified atom stereocenters. The lowest BCUT2D eigenvalue weighted by Crippen LogP contribution is -2.08. The van der Waals surface area contributed by atoms with Crippen molar-refractivity contribution in [3.63, 3.8) is 0 Å². The number of carbonyl (C=O) groups is 2. The van der Waals surface area contributed by atoms with E-state index in [4.69, 9.17) is 0 Å². The van der Waals surface area contributed by atoms with Gasteiger partial charge in [0, 0.05) is 0 Å². The third-order valence-electron chi connectivity index (χ3n) is 1.33. The molecule has 0 fully saturated rings. The van der Waals surface area contributed by atoms with E-state index in [2.05, 4.69) is 9.73 Å². The Morgan fingerprint density at radius 3 is 2.43 bits per heavy atom. The van der Waals surface area contributed by atoms with Crippen LogP contribution in [0.15, 0.2) is 35.3 Å². The van der Waals surface area contributed by atoms with Crippen LogP contribution in [-0.4, -0.2) is 18.1 Å². The minimum Gasteiger partial charge on any atom is -0.370 e. The molecule has 0 aliphatic heterocycles. The van der Waals surface area contributed by atoms with Crippen molar-refractivity contribution in [2.24, 2.45) is 4.99 Å². The number of nitrogens with zero attached hydrogens (tertiary/aromatic N) is 1. The summed E-state index contributed by atoms with van der Waals surface area (Å²) >= 11 is 0. The number of isocyanates is 1. The summed E-state index contributed by atoms with van der Waals surface area (Å²) in [5, 5.41) is 0. The van der Waals surface area contributed by atoms with Crippen molar-refractivity contribution in [2.75, 3.05) is 0 Å². The molecule has 5 heteroatoms. The first-order valence-electron chi connectivity index (χ1n) is 3.63. The third kappa shape index (κ3) is 2.66. The quantitative estimate of drug-likeness (QED) is 0.290. The highest BCUT2D eigenvalue weighted by atomic mass is 16.6. The van der Waals surface area contributed by atoms with Crippen LogP contribution in [0, 0.1) is 0 Å². The Labute approximate surface area is 79.0 Å². The first-order valence-corrected chi connectivity index (χ1v) is 3.63. The molecule has 1 aromatic carbocycles. The Kier molecular flexibility index (Phi) is 3.29. The third-order valence-corrected chi connectivity index (χ3v) is 1.33. The molecule has 1 amide bonds. The molecule has 1 aromatic rings. The minimum absolute atomic E-state index is 0.210. The zero-order chi connectivity index (χ0) is 10.4. The van der Waals surface area contributed by atoms with Gasteiger partial charge in [-0.1, -0.05) is 23.2 Å². The van der Waals surface area contributed by atoms with Crippen molar-refractivity contribution in [2.45, 2.75) is 0 Å². The van der Waals surface area contributed by atoms with Gasteiger partial charge in [-0.15, -0.1) is 0 Å². The van der Waals surface area contributed by atoms with Crippen LogP contribution in [0.3, 0.4) is 0 Å². The average Bonchev–Trinajstić information content (AvgIpc) is 2.19. The Hall–Kier alpha value is -2.26. The van der Waals surface area contributed by atoms with Gasteiger partial charge in [-0.05, 0) is 12.1 Å². The fraction of sp³-hybridized carbons (Fsp3) is 0. The van der Waals surface area contributed by atoms with E-state index in [1.807, 2.05) is 0 Å². The van der Waals surface area contributed by atoms with Gasteiger partial charge in [-0.2, -0.15) is 0 Å². The molecule has 0 aliphatic carbocycles. The van der Waals surface area contributed by atoms with Gasteiger partial charge in [0.1, 0.15) is 0 Å². The van der Waals surface area contributed by atoms with Crippen LogP contribution < -0.4 is 0 Å². The van der Waals surface area contributed by atoms with E-state index < -0.39 is 12.1 Å². The van der Waals surface area contributed by atoms with Crippen LogP contribution >= 0.6 is 0 Å². The molecule has 0 atom stereocenters. The molecular formula is C9H5NO4. The molecule has 0 N–H and O–H groups in total. The van der Waals surface area contributed by atoms with Crippen LogP contribution in [0.5, 0.6) is 0 Å². The number of carbonyl (C=O) groups excluding carboxylic acids is 3. The van der Waals surface area contributed by atoms with E-state index >= 15 is 0 Å². The monoisotopic (exact) mass is 191 g/mol. The molecule has 0 aliphatic rings. The summed E-state index contributed by atoms with van der Waals surface area (Å²) in [6.45, 7) is 0. The number of esters is 1. The molecule has 14 heavy (non-hydrogen) atoms. The molecule has 0 saturated carbocycles. The molecule has 0 radical (unpaired) electrons. The molecule has 0 bridgehead atoms. The summed E-state index contributed by atoms with van der Waals surface area (Å²) in [6, 6.07) is 7.89. The van der Waals surface area contributed by atoms with E-state index in [0.29, 0.717) is 0 Å². The molecule has 0 saturated heterocycles. The first-order chi connectivity index (χ1) is 6.74. The lowest BCUT2D eigenvalue weighted by molar-refractivity contribution is 0.0639. The zero-order valence-electron chi connectivity index (χ0n) is 6.97. The SMILES string of the molecule is O=C=NC(=O)OC(=O)c1ccccc1. The zero-order valence-corrected chi connectivity index (χ0v) is 6.97. The minimum atomic E-state index is -1.27. The van der Waals surface area contributed by atoms with E-state index in [-0.39, 0.29) is 5.56 Å². The second kappa shape index (κ2) is 4.69. The summed E-state index contributed by atoms with van der Waals surface area (Å²) in [4.78, 5) is 33.9. The number of aliphatic imine (C=N–C) groups is 1. The average molecular weight is 191 g/mol. The molecule has 70 valence electrons. The Balaban J connectivity index is 2.69. The highest BCUT2D eigenvalue weighted by molar-refractivity contribution is 5.97. The fourth-order valence-electron chi connectivity index (χ4n) is 0.773. The van der Waals surface area contributed by atoms with E-state index in [1.165, 1.54) is 12.1 Å². The maximum atomic E-state index is 11.1. The normalized spacial score (nSPS) is 8.57. The fourth-order valence-corrected chi connectivity index (χ4v) is 0.773. The van der Waals surface area contributed by atoms with Gasteiger partial charge in [0.05, 0.1) is 5.56 Å². The van der Waals surface area contributed by atoms with E-state index in [1.54, 1.807) is 18.2 Å². The number of hydrogen-bond donors (Lipinski definition) is 0. The number of amides is 1. The summed E-state index contributed by atoms with van der Waals surface area (Å²) in [6.07, 6.45) is -0.297. The predicted octanol–water partition coefficient (Wildman–Crippen LogP) is 1.30. The van der Waals surface area contributed by atoms with Crippen molar-refractivity contribution in [3.05, 3.63) is 35.9 Å². The number of rotatable bonds is 1. The van der Waals surface area contributed by atoms with Crippen LogP contribution in [0.1, 0.15) is 10.4 Å². The summed E-state index contributed by atoms with van der Waals surface area (Å²) in [5.74, 6) is -0.852. The lowest BCUT2D eigenvalue weighted by atomic mass is 10.2. The maximum absolute atomic E-state index is 11.1. The standard InChI is InChI=1S/C9H5NO4/c11-6-10-9(13)14-8(12)7-4-2-1-3-5-7/h1-5H. The van der Waals surface area contributed by atoms with Crippen molar-refractivity contribution in [3.8, 4) is 0 Å². The van der Waals surface area contributed by atoms with E-state index in [0.717, 1.165) is 6.08 Å². The highest BCUT2D eigenvalue weighted by Gasteiger charge is 2.10. The summed E-state index contributed by atoms with van der Waals surface area (Å²) in [7, 11) is 0. The van der Waals surface area contributed by atoms with Gasteiger partial charge < -0.3 is 4.74 Å². The van der Waals surface area contributed by atoms with Gasteiger partial charge in [-0.25, -0.2) is 14.4 Å².